The molecule has 1 rings (SSSR count). The fourth-order valence-electron chi connectivity index (χ4n) is 2.36. The van der Waals surface area contributed by atoms with Crippen LogP contribution in [0.5, 0.6) is 0 Å². The molecule has 1 aliphatic rings. The molecular weight excluding hydrogens is 182 g/mol. The number of likely N-dealkylation sites (tertiary alicyclic amines) is 1. The second kappa shape index (κ2) is 4.19. The molecule has 0 unspecified atom stereocenters. The van der Waals surface area contributed by atoms with Gasteiger partial charge in [0, 0.05) is 17.8 Å². The minimum Gasteiger partial charge on any atom is -0.370 e. The second-order valence-electron chi connectivity index (χ2n) is 6.34. The van der Waals surface area contributed by atoms with Gasteiger partial charge in [-0.3, -0.25) is 0 Å². The SMILES string of the molecule is C=C1CCCC(C)(C)CN1C(C)(C)CC. The molecule has 0 atom stereocenters. The molecule has 0 bridgehead atoms. The Morgan fingerprint density at radius 3 is 2.53 bits per heavy atom. The minimum absolute atomic E-state index is 0.263. The van der Waals surface area contributed by atoms with Crippen molar-refractivity contribution in [3.63, 3.8) is 0 Å². The van der Waals surface area contributed by atoms with Crippen molar-refractivity contribution in [3.05, 3.63) is 12.3 Å². The van der Waals surface area contributed by atoms with Crippen LogP contribution < -0.4 is 0 Å². The zero-order valence-corrected chi connectivity index (χ0v) is 11.2. The Balaban J connectivity index is 2.88. The third-order valence-electron chi connectivity index (χ3n) is 3.88. The van der Waals surface area contributed by atoms with Crippen molar-refractivity contribution in [1.82, 2.24) is 4.90 Å². The molecule has 0 amide bonds. The summed E-state index contributed by atoms with van der Waals surface area (Å²) in [4.78, 5) is 2.54. The first kappa shape index (κ1) is 12.6. The molecule has 0 radical (unpaired) electrons. The fourth-order valence-corrected chi connectivity index (χ4v) is 2.36. The Morgan fingerprint density at radius 1 is 1.40 bits per heavy atom. The van der Waals surface area contributed by atoms with E-state index >= 15 is 0 Å². The molecule has 1 saturated heterocycles. The molecule has 1 nitrogen and oxygen atoms in total. The molecule has 15 heavy (non-hydrogen) atoms. The fraction of sp³-hybridized carbons (Fsp3) is 0.857. The molecule has 1 heteroatoms. The Bertz CT molecular complexity index is 238. The summed E-state index contributed by atoms with van der Waals surface area (Å²) in [5.74, 6) is 0. The van der Waals surface area contributed by atoms with Crippen LogP contribution in [0.4, 0.5) is 0 Å². The summed E-state index contributed by atoms with van der Waals surface area (Å²) < 4.78 is 0. The van der Waals surface area contributed by atoms with Gasteiger partial charge < -0.3 is 4.90 Å². The number of hydrogen-bond donors (Lipinski definition) is 0. The molecule has 0 aliphatic carbocycles. The number of nitrogens with zero attached hydrogens (tertiary/aromatic N) is 1. The summed E-state index contributed by atoms with van der Waals surface area (Å²) in [5, 5.41) is 0. The number of hydrogen-bond acceptors (Lipinski definition) is 1. The molecule has 0 aromatic heterocycles. The van der Waals surface area contributed by atoms with Gasteiger partial charge in [-0.05, 0) is 44.9 Å². The summed E-state index contributed by atoms with van der Waals surface area (Å²) in [6.07, 6.45) is 4.97. The topological polar surface area (TPSA) is 3.24 Å². The largest absolute Gasteiger partial charge is 0.370 e. The lowest BCUT2D eigenvalue weighted by molar-refractivity contribution is 0.113. The van der Waals surface area contributed by atoms with Crippen LogP contribution in [0, 0.1) is 5.41 Å². The Kier molecular flexibility index (Phi) is 3.52. The van der Waals surface area contributed by atoms with Crippen molar-refractivity contribution in [2.75, 3.05) is 6.54 Å². The predicted molar refractivity (Wildman–Crippen MR) is 67.8 cm³/mol. The van der Waals surface area contributed by atoms with Crippen LogP contribution >= 0.6 is 0 Å². The van der Waals surface area contributed by atoms with Crippen LogP contribution in [0.3, 0.4) is 0 Å². The van der Waals surface area contributed by atoms with E-state index in [2.05, 4.69) is 46.1 Å². The van der Waals surface area contributed by atoms with Gasteiger partial charge in [-0.1, -0.05) is 27.4 Å². The highest BCUT2D eigenvalue weighted by Gasteiger charge is 2.33. The molecule has 0 aromatic carbocycles. The maximum absolute atomic E-state index is 4.26. The van der Waals surface area contributed by atoms with Gasteiger partial charge in [0.25, 0.3) is 0 Å². The summed E-state index contributed by atoms with van der Waals surface area (Å²) in [7, 11) is 0. The maximum Gasteiger partial charge on any atom is 0.0340 e. The van der Waals surface area contributed by atoms with Crippen molar-refractivity contribution in [1.29, 1.82) is 0 Å². The van der Waals surface area contributed by atoms with E-state index in [-0.39, 0.29) is 5.54 Å². The first-order valence-corrected chi connectivity index (χ1v) is 6.24. The van der Waals surface area contributed by atoms with Crippen LogP contribution in [0.25, 0.3) is 0 Å². The van der Waals surface area contributed by atoms with Crippen LogP contribution in [0.15, 0.2) is 12.3 Å². The summed E-state index contributed by atoms with van der Waals surface area (Å²) in [5.41, 5.74) is 2.04. The maximum atomic E-state index is 4.26. The average Bonchev–Trinajstić information content (AvgIpc) is 2.26. The molecule has 1 aliphatic heterocycles. The lowest BCUT2D eigenvalue weighted by Crippen LogP contribution is -2.45. The van der Waals surface area contributed by atoms with Crippen LogP contribution in [-0.4, -0.2) is 17.0 Å². The summed E-state index contributed by atoms with van der Waals surface area (Å²) in [6.45, 7) is 17.1. The van der Waals surface area contributed by atoms with E-state index in [1.165, 1.54) is 31.4 Å². The Labute approximate surface area is 95.5 Å². The normalized spacial score (nSPS) is 22.7. The van der Waals surface area contributed by atoms with Gasteiger partial charge in [-0.2, -0.15) is 0 Å². The van der Waals surface area contributed by atoms with Gasteiger partial charge in [0.05, 0.1) is 0 Å². The molecule has 1 heterocycles. The van der Waals surface area contributed by atoms with Crippen LogP contribution in [0.1, 0.15) is 60.3 Å². The van der Waals surface area contributed by atoms with E-state index in [4.69, 9.17) is 0 Å². The first-order chi connectivity index (χ1) is 6.78. The van der Waals surface area contributed by atoms with E-state index in [0.717, 1.165) is 6.54 Å². The number of rotatable bonds is 2. The number of allylic oxidation sites excluding steroid dienone is 1. The Morgan fingerprint density at radius 2 is 2.00 bits per heavy atom. The van der Waals surface area contributed by atoms with Crippen molar-refractivity contribution in [3.8, 4) is 0 Å². The van der Waals surface area contributed by atoms with Crippen molar-refractivity contribution >= 4 is 0 Å². The highest BCUT2D eigenvalue weighted by molar-refractivity contribution is 5.04. The highest BCUT2D eigenvalue weighted by atomic mass is 15.2. The van der Waals surface area contributed by atoms with E-state index in [1.54, 1.807) is 0 Å². The zero-order chi connectivity index (χ0) is 11.7. The summed E-state index contributed by atoms with van der Waals surface area (Å²) in [6, 6.07) is 0. The van der Waals surface area contributed by atoms with Gasteiger partial charge in [-0.25, -0.2) is 0 Å². The Hall–Kier alpha value is -0.460. The smallest absolute Gasteiger partial charge is 0.0340 e. The summed E-state index contributed by atoms with van der Waals surface area (Å²) >= 11 is 0. The van der Waals surface area contributed by atoms with Gasteiger partial charge in [0.1, 0.15) is 0 Å². The molecular formula is C14H27N. The molecule has 0 N–H and O–H groups in total. The van der Waals surface area contributed by atoms with Crippen molar-refractivity contribution < 1.29 is 0 Å². The van der Waals surface area contributed by atoms with E-state index in [0.29, 0.717) is 5.41 Å². The predicted octanol–water partition coefficient (Wildman–Crippen LogP) is 4.20. The van der Waals surface area contributed by atoms with Crippen molar-refractivity contribution in [2.45, 2.75) is 65.8 Å². The van der Waals surface area contributed by atoms with Gasteiger partial charge in [-0.15, -0.1) is 0 Å². The highest BCUT2D eigenvalue weighted by Crippen LogP contribution is 2.36. The first-order valence-electron chi connectivity index (χ1n) is 6.24. The van der Waals surface area contributed by atoms with Gasteiger partial charge in [0.2, 0.25) is 0 Å². The van der Waals surface area contributed by atoms with Gasteiger partial charge in [0.15, 0.2) is 0 Å². The molecule has 0 saturated carbocycles. The minimum atomic E-state index is 0.263. The molecule has 1 fully saturated rings. The van der Waals surface area contributed by atoms with E-state index < -0.39 is 0 Å². The third kappa shape index (κ3) is 2.99. The lowest BCUT2D eigenvalue weighted by atomic mass is 9.86. The van der Waals surface area contributed by atoms with Crippen molar-refractivity contribution in [2.24, 2.45) is 5.41 Å². The molecule has 0 spiro atoms. The van der Waals surface area contributed by atoms with Crippen LogP contribution in [-0.2, 0) is 0 Å². The quantitative estimate of drug-likeness (QED) is 0.659. The lowest BCUT2D eigenvalue weighted by Gasteiger charge is -2.43. The second-order valence-corrected chi connectivity index (χ2v) is 6.34. The van der Waals surface area contributed by atoms with E-state index in [9.17, 15) is 0 Å². The van der Waals surface area contributed by atoms with Gasteiger partial charge >= 0.3 is 0 Å². The van der Waals surface area contributed by atoms with Crippen LogP contribution in [0.2, 0.25) is 0 Å². The molecule has 0 aromatic rings. The standard InChI is InChI=1S/C14H27N/c1-7-14(5,6)15-11-13(3,4)10-8-9-12(15)2/h2,7-11H2,1,3-6H3. The monoisotopic (exact) mass is 209 g/mol. The molecule has 88 valence electrons. The third-order valence-corrected chi connectivity index (χ3v) is 3.88. The zero-order valence-electron chi connectivity index (χ0n) is 11.2. The average molecular weight is 209 g/mol. The van der Waals surface area contributed by atoms with E-state index in [1.807, 2.05) is 0 Å².